The number of rotatable bonds is 2. The third-order valence-electron chi connectivity index (χ3n) is 11.9. The lowest BCUT2D eigenvalue weighted by molar-refractivity contribution is -0.122. The third-order valence-corrected chi connectivity index (χ3v) is 11.9. The minimum absolute atomic E-state index is 0. The average Bonchev–Trinajstić information content (AvgIpc) is 3.77. The van der Waals surface area contributed by atoms with Crippen LogP contribution in [-0.2, 0) is 33.3 Å². The summed E-state index contributed by atoms with van der Waals surface area (Å²) in [5.41, 5.74) is 7.66. The molecule has 9 nitrogen and oxygen atoms in total. The van der Waals surface area contributed by atoms with Gasteiger partial charge in [0, 0.05) is 57.5 Å². The molecule has 2 aromatic carbocycles. The predicted molar refractivity (Wildman–Crippen MR) is 207 cm³/mol. The number of hydrogen-bond acceptors (Lipinski definition) is 5. The van der Waals surface area contributed by atoms with Gasteiger partial charge in [-0.2, -0.15) is 14.9 Å². The van der Waals surface area contributed by atoms with Crippen molar-refractivity contribution in [1.82, 2.24) is 20.0 Å². The molecular weight excluding hydrogens is 661 g/mol. The van der Waals surface area contributed by atoms with E-state index in [9.17, 15) is 14.4 Å². The molecule has 4 aliphatic rings. The molecule has 0 amide bonds. The van der Waals surface area contributed by atoms with Crippen LogP contribution in [0.4, 0.5) is 0 Å². The smallest absolute Gasteiger partial charge is 0.244 e. The van der Waals surface area contributed by atoms with Crippen molar-refractivity contribution in [2.75, 3.05) is 0 Å². The van der Waals surface area contributed by atoms with E-state index in [0.717, 1.165) is 65.1 Å². The van der Waals surface area contributed by atoms with Crippen molar-refractivity contribution in [3.8, 4) is 22.5 Å². The Kier molecular flexibility index (Phi) is 10.5. The number of H-pyrrole nitrogens is 1. The van der Waals surface area contributed by atoms with Gasteiger partial charge in [0.15, 0.2) is 11.6 Å². The molecule has 4 aromatic rings. The molecular formula is C44H48N6O3. The molecule has 0 bridgehead atoms. The highest BCUT2D eigenvalue weighted by Gasteiger charge is 2.51. The van der Waals surface area contributed by atoms with Crippen LogP contribution in [0, 0.1) is 36.8 Å². The largest absolute Gasteiger partial charge is 0.308 e. The summed E-state index contributed by atoms with van der Waals surface area (Å²) in [5, 5.41) is 12.5. The number of hydrogen-bond donors (Lipinski definition) is 1. The summed E-state index contributed by atoms with van der Waals surface area (Å²) in [5.74, 6) is -0.281. The lowest BCUT2D eigenvalue weighted by Crippen LogP contribution is -2.45. The number of aromatic amines is 1. The zero-order chi connectivity index (χ0) is 36.2. The Morgan fingerprint density at radius 2 is 1.28 bits per heavy atom. The molecule has 6 atom stereocenters. The van der Waals surface area contributed by atoms with Crippen molar-refractivity contribution in [2.45, 2.75) is 86.0 Å². The van der Waals surface area contributed by atoms with Gasteiger partial charge in [-0.25, -0.2) is 9.69 Å². The number of ketones is 2. The second-order valence-electron chi connectivity index (χ2n) is 14.7. The van der Waals surface area contributed by atoms with E-state index in [1.165, 1.54) is 17.2 Å². The Hall–Kier alpha value is -5.67. The number of carbonyl (C=O) groups is 3. The third kappa shape index (κ3) is 5.99. The molecule has 272 valence electrons. The Balaban J connectivity index is 0.000000198. The van der Waals surface area contributed by atoms with Gasteiger partial charge in [-0.05, 0) is 37.5 Å². The first kappa shape index (κ1) is 38.6. The van der Waals surface area contributed by atoms with Crippen LogP contribution in [0.3, 0.4) is 0 Å². The van der Waals surface area contributed by atoms with Crippen LogP contribution in [0.5, 0.6) is 0 Å². The minimum atomic E-state index is -0.523. The first-order valence-electron chi connectivity index (χ1n) is 17.6. The number of carbonyl (C=O) groups excluding carboxylic acids is 3. The van der Waals surface area contributed by atoms with Gasteiger partial charge in [-0.15, -0.1) is 0 Å². The van der Waals surface area contributed by atoms with Crippen molar-refractivity contribution in [3.05, 3.63) is 130 Å². The van der Waals surface area contributed by atoms with E-state index in [1.807, 2.05) is 68.5 Å². The van der Waals surface area contributed by atoms with Gasteiger partial charge in [-0.3, -0.25) is 9.89 Å². The van der Waals surface area contributed by atoms with Gasteiger partial charge in [-0.1, -0.05) is 115 Å². The molecule has 0 saturated heterocycles. The Labute approximate surface area is 312 Å². The molecule has 1 N–H and O–H groups in total. The van der Waals surface area contributed by atoms with Gasteiger partial charge in [0.1, 0.15) is 0 Å². The summed E-state index contributed by atoms with van der Waals surface area (Å²) in [6.45, 7) is 24.3. The number of allylic oxidation sites excluding steroid dienone is 4. The second kappa shape index (κ2) is 14.4. The van der Waals surface area contributed by atoms with E-state index >= 15 is 0 Å². The maximum Gasteiger partial charge on any atom is 0.244 e. The highest BCUT2D eigenvalue weighted by molar-refractivity contribution is 6.01. The summed E-state index contributed by atoms with van der Waals surface area (Å²) < 4.78 is 1.49. The van der Waals surface area contributed by atoms with Crippen LogP contribution < -0.4 is 0 Å². The molecule has 0 unspecified atom stereocenters. The highest BCUT2D eigenvalue weighted by Crippen LogP contribution is 2.52. The Morgan fingerprint density at radius 3 is 1.81 bits per heavy atom. The topological polar surface area (TPSA) is 106 Å². The molecule has 0 radical (unpaired) electrons. The molecule has 0 aliphatic heterocycles. The molecule has 0 fully saturated rings. The van der Waals surface area contributed by atoms with Gasteiger partial charge in [0.2, 0.25) is 17.3 Å². The molecule has 9 heteroatoms. The standard InChI is InChI=1S/C22H21N3O2.C20H19N3O.2CH4/c1-13-17-11-10-16-19(15-8-6-5-7-9-15)25(14(2)26)24-21(16)22(17,3)12-18(23-4)20(13)27;1-12-15-10-9-14-17(13-7-5-4-6-8-13)22-23-19(14)20(15,2)11-16(21-3)18(12)24;;/h5-9,12-13,17H,10-11H2,1-3H3;4-8,11-12,15H,9-10H2,1-2H3,(H,22,23);2*1H4/t13-,17-,22-;12-,15-,20-;;/m00../s1. The summed E-state index contributed by atoms with van der Waals surface area (Å²) in [7, 11) is 0. The average molecular weight is 709 g/mol. The van der Waals surface area contributed by atoms with Crippen LogP contribution in [0.25, 0.3) is 32.2 Å². The first-order valence-corrected chi connectivity index (χ1v) is 17.6. The van der Waals surface area contributed by atoms with Crippen LogP contribution in [0.2, 0.25) is 0 Å². The van der Waals surface area contributed by atoms with Crippen molar-refractivity contribution in [1.29, 1.82) is 0 Å². The predicted octanol–water partition coefficient (Wildman–Crippen LogP) is 9.24. The summed E-state index contributed by atoms with van der Waals surface area (Å²) in [6.07, 6.45) is 7.12. The van der Waals surface area contributed by atoms with E-state index in [1.54, 1.807) is 6.08 Å². The lowest BCUT2D eigenvalue weighted by atomic mass is 9.58. The maximum absolute atomic E-state index is 12.5. The quantitative estimate of drug-likeness (QED) is 0.209. The van der Waals surface area contributed by atoms with Gasteiger partial charge in [0.05, 0.1) is 30.2 Å². The van der Waals surface area contributed by atoms with E-state index in [0.29, 0.717) is 0 Å². The molecule has 4 aliphatic carbocycles. The van der Waals surface area contributed by atoms with E-state index in [4.69, 9.17) is 18.2 Å². The van der Waals surface area contributed by atoms with Crippen molar-refractivity contribution < 1.29 is 14.4 Å². The maximum atomic E-state index is 12.5. The van der Waals surface area contributed by atoms with Crippen molar-refractivity contribution >= 4 is 17.5 Å². The first-order chi connectivity index (χ1) is 24.4. The van der Waals surface area contributed by atoms with Crippen LogP contribution in [-0.4, -0.2) is 37.5 Å². The van der Waals surface area contributed by atoms with Crippen molar-refractivity contribution in [2.24, 2.45) is 23.7 Å². The fourth-order valence-electron chi connectivity index (χ4n) is 9.30. The molecule has 2 aromatic heterocycles. The monoisotopic (exact) mass is 708 g/mol. The highest BCUT2D eigenvalue weighted by atomic mass is 16.2. The van der Waals surface area contributed by atoms with Gasteiger partial charge in [0.25, 0.3) is 0 Å². The van der Waals surface area contributed by atoms with Crippen LogP contribution in [0.1, 0.15) is 89.6 Å². The molecule has 8 rings (SSSR count). The van der Waals surface area contributed by atoms with E-state index in [2.05, 4.69) is 45.9 Å². The Morgan fingerprint density at radius 1 is 0.792 bits per heavy atom. The minimum Gasteiger partial charge on any atom is -0.308 e. The number of aromatic nitrogens is 4. The summed E-state index contributed by atoms with van der Waals surface area (Å²) in [4.78, 5) is 44.2. The zero-order valence-corrected chi connectivity index (χ0v) is 29.5. The summed E-state index contributed by atoms with van der Waals surface area (Å²) >= 11 is 0. The van der Waals surface area contributed by atoms with E-state index < -0.39 is 5.41 Å². The fraction of sp³-hybridized carbons (Fsp3) is 0.386. The molecule has 53 heavy (non-hydrogen) atoms. The molecule has 0 spiro atoms. The Bertz CT molecular complexity index is 2230. The molecule has 0 saturated carbocycles. The number of nitrogens with one attached hydrogen (secondary N) is 1. The SMILES string of the molecule is C.C.[C-]#[N+]C1=C[C@]2(C)c3[nH]nc(-c4ccccc4)c3CC[C@H]2[C@H](C)C1=O.[C-]#[N+]C1=C[C@]2(C)c3nn(C(C)=O)c(-c4ccccc4)c3CC[C@H]2[C@H](C)C1=O. The zero-order valence-electron chi connectivity index (χ0n) is 29.5. The van der Waals surface area contributed by atoms with Gasteiger partial charge >= 0.3 is 0 Å². The summed E-state index contributed by atoms with van der Waals surface area (Å²) in [6, 6.07) is 20.0. The van der Waals surface area contributed by atoms with Crippen LogP contribution >= 0.6 is 0 Å². The number of Topliss-reactive ketones (excluding diaryl/α,β-unsaturated/α-hetero) is 2. The number of benzene rings is 2. The normalized spacial score (nSPS) is 26.5. The molecule has 2 heterocycles. The van der Waals surface area contributed by atoms with Crippen LogP contribution in [0.15, 0.2) is 84.2 Å². The second-order valence-corrected chi connectivity index (χ2v) is 14.7. The van der Waals surface area contributed by atoms with Gasteiger partial charge < -0.3 is 9.59 Å². The lowest BCUT2D eigenvalue weighted by Gasteiger charge is -2.45. The fourth-order valence-corrected chi connectivity index (χ4v) is 9.30. The number of fused-ring (bicyclic) bond motifs is 6. The number of nitrogens with zero attached hydrogens (tertiary/aromatic N) is 5. The van der Waals surface area contributed by atoms with Crippen molar-refractivity contribution in [3.63, 3.8) is 0 Å². The van der Waals surface area contributed by atoms with E-state index in [-0.39, 0.29) is 72.8 Å².